The minimum Gasteiger partial charge on any atom is -0.496 e. The average Bonchev–Trinajstić information content (AvgIpc) is 2.92. The van der Waals surface area contributed by atoms with E-state index in [0.717, 1.165) is 4.90 Å². The van der Waals surface area contributed by atoms with Crippen molar-refractivity contribution in [3.63, 3.8) is 0 Å². The van der Waals surface area contributed by atoms with Crippen molar-refractivity contribution in [2.45, 2.75) is 12.6 Å². The largest absolute Gasteiger partial charge is 0.496 e. The molecule has 1 fully saturated rings. The van der Waals surface area contributed by atoms with Crippen LogP contribution in [0.4, 0.5) is 13.2 Å². The number of aliphatic carboxylic acids is 1. The van der Waals surface area contributed by atoms with Gasteiger partial charge in [-0.2, -0.15) is 13.2 Å². The van der Waals surface area contributed by atoms with Crippen LogP contribution in [0.15, 0.2) is 18.2 Å². The van der Waals surface area contributed by atoms with Gasteiger partial charge >= 0.3 is 12.1 Å². The highest BCUT2D eigenvalue weighted by Gasteiger charge is 2.64. The molecule has 9 heteroatoms. The Hall–Kier alpha value is -1.96. The third kappa shape index (κ3) is 2.95. The molecule has 0 radical (unpaired) electrons. The predicted molar refractivity (Wildman–Crippen MR) is 74.6 cm³/mol. The van der Waals surface area contributed by atoms with Gasteiger partial charge in [-0.3, -0.25) is 9.59 Å². The van der Waals surface area contributed by atoms with Gasteiger partial charge in [0.1, 0.15) is 5.75 Å². The second-order valence-corrected chi connectivity index (χ2v) is 5.64. The zero-order valence-electron chi connectivity index (χ0n) is 12.0. The molecular formula is C14H13ClF3NO4. The second-order valence-electron chi connectivity index (χ2n) is 5.21. The van der Waals surface area contributed by atoms with Crippen molar-refractivity contribution < 1.29 is 32.6 Å². The Balaban J connectivity index is 2.33. The molecule has 0 aromatic heterocycles. The molecule has 1 unspecified atom stereocenters. The van der Waals surface area contributed by atoms with Crippen LogP contribution >= 0.6 is 11.6 Å². The fraction of sp³-hybridized carbons (Fsp3) is 0.429. The molecule has 1 atom stereocenters. The molecule has 1 saturated heterocycles. The number of amides is 1. The van der Waals surface area contributed by atoms with E-state index in [1.165, 1.54) is 25.3 Å². The van der Waals surface area contributed by atoms with Crippen molar-refractivity contribution in [2.24, 2.45) is 5.41 Å². The SMILES string of the molecule is COc1ccc(Cl)cc1C(=O)N1CCC(C(=O)O)(C(F)(F)F)C1. The van der Waals surface area contributed by atoms with E-state index in [9.17, 15) is 22.8 Å². The van der Waals surface area contributed by atoms with Gasteiger partial charge in [0.15, 0.2) is 5.41 Å². The number of ether oxygens (including phenoxy) is 1. The first-order valence-electron chi connectivity index (χ1n) is 6.55. The molecule has 1 amide bonds. The first kappa shape index (κ1) is 17.4. The van der Waals surface area contributed by atoms with Gasteiger partial charge in [0.25, 0.3) is 5.91 Å². The van der Waals surface area contributed by atoms with Gasteiger partial charge in [0, 0.05) is 18.1 Å². The summed E-state index contributed by atoms with van der Waals surface area (Å²) >= 11 is 5.80. The van der Waals surface area contributed by atoms with Crippen LogP contribution in [0.1, 0.15) is 16.8 Å². The van der Waals surface area contributed by atoms with E-state index in [2.05, 4.69) is 0 Å². The van der Waals surface area contributed by atoms with Gasteiger partial charge in [0.2, 0.25) is 0 Å². The van der Waals surface area contributed by atoms with E-state index in [1.54, 1.807) is 0 Å². The van der Waals surface area contributed by atoms with Gasteiger partial charge in [-0.25, -0.2) is 0 Å². The lowest BCUT2D eigenvalue weighted by molar-refractivity contribution is -0.227. The minimum absolute atomic E-state index is 0.0108. The lowest BCUT2D eigenvalue weighted by atomic mass is 9.86. The summed E-state index contributed by atoms with van der Waals surface area (Å²) in [5, 5.41) is 9.23. The summed E-state index contributed by atoms with van der Waals surface area (Å²) in [6.07, 6.45) is -5.65. The number of methoxy groups -OCH3 is 1. The van der Waals surface area contributed by atoms with Gasteiger partial charge in [-0.1, -0.05) is 11.6 Å². The quantitative estimate of drug-likeness (QED) is 0.909. The zero-order chi connectivity index (χ0) is 17.4. The Morgan fingerprint density at radius 3 is 2.52 bits per heavy atom. The maximum atomic E-state index is 13.2. The van der Waals surface area contributed by atoms with Crippen molar-refractivity contribution in [1.82, 2.24) is 4.90 Å². The molecule has 1 aromatic rings. The van der Waals surface area contributed by atoms with Crippen LogP contribution in [0.2, 0.25) is 5.02 Å². The number of hydrogen-bond donors (Lipinski definition) is 1. The molecule has 5 nitrogen and oxygen atoms in total. The number of halogens is 4. The predicted octanol–water partition coefficient (Wildman–Crippen LogP) is 2.83. The summed E-state index contributed by atoms with van der Waals surface area (Å²) in [4.78, 5) is 24.4. The van der Waals surface area contributed by atoms with E-state index in [-0.39, 0.29) is 22.9 Å². The highest BCUT2D eigenvalue weighted by atomic mass is 35.5. The Bertz CT molecular complexity index is 649. The van der Waals surface area contributed by atoms with Crippen LogP contribution in [0, 0.1) is 5.41 Å². The molecular weight excluding hydrogens is 339 g/mol. The number of rotatable bonds is 3. The molecule has 23 heavy (non-hydrogen) atoms. The summed E-state index contributed by atoms with van der Waals surface area (Å²) in [5.74, 6) is -2.59. The highest BCUT2D eigenvalue weighted by molar-refractivity contribution is 6.31. The maximum absolute atomic E-state index is 13.2. The summed E-state index contributed by atoms with van der Waals surface area (Å²) in [6, 6.07) is 4.16. The zero-order valence-corrected chi connectivity index (χ0v) is 12.7. The smallest absolute Gasteiger partial charge is 0.406 e. The molecule has 0 aliphatic carbocycles. The molecule has 2 rings (SSSR count). The number of likely N-dealkylation sites (tertiary alicyclic amines) is 1. The van der Waals surface area contributed by atoms with E-state index >= 15 is 0 Å². The monoisotopic (exact) mass is 351 g/mol. The molecule has 0 spiro atoms. The summed E-state index contributed by atoms with van der Waals surface area (Å²) in [5.41, 5.74) is -2.96. The van der Waals surface area contributed by atoms with Gasteiger partial charge in [0.05, 0.1) is 12.7 Å². The topological polar surface area (TPSA) is 66.8 Å². The number of carboxylic acids is 1. The first-order chi connectivity index (χ1) is 10.6. The van der Waals surface area contributed by atoms with Crippen LogP contribution in [0.5, 0.6) is 5.75 Å². The maximum Gasteiger partial charge on any atom is 0.406 e. The van der Waals surface area contributed by atoms with Crippen molar-refractivity contribution in [3.05, 3.63) is 28.8 Å². The summed E-state index contributed by atoms with van der Waals surface area (Å²) in [7, 11) is 1.31. The Labute approximate surface area is 134 Å². The van der Waals surface area contributed by atoms with Crippen LogP contribution in [0.25, 0.3) is 0 Å². The first-order valence-corrected chi connectivity index (χ1v) is 6.93. The van der Waals surface area contributed by atoms with Crippen molar-refractivity contribution >= 4 is 23.5 Å². The van der Waals surface area contributed by atoms with Crippen LogP contribution in [0.3, 0.4) is 0 Å². The molecule has 0 bridgehead atoms. The lowest BCUT2D eigenvalue weighted by Gasteiger charge is -2.27. The number of alkyl halides is 3. The van der Waals surface area contributed by atoms with Crippen molar-refractivity contribution in [1.29, 1.82) is 0 Å². The molecule has 0 saturated carbocycles. The normalized spacial score (nSPS) is 21.3. The summed E-state index contributed by atoms with van der Waals surface area (Å²) < 4.78 is 44.5. The molecule has 1 aliphatic heterocycles. The van der Waals surface area contributed by atoms with Crippen LogP contribution in [-0.2, 0) is 4.79 Å². The lowest BCUT2D eigenvalue weighted by Crippen LogP contribution is -2.47. The number of nitrogens with zero attached hydrogens (tertiary/aromatic N) is 1. The van der Waals surface area contributed by atoms with Gasteiger partial charge in [-0.15, -0.1) is 0 Å². The summed E-state index contributed by atoms with van der Waals surface area (Å²) in [6.45, 7) is -1.26. The van der Waals surface area contributed by atoms with E-state index in [4.69, 9.17) is 21.4 Å². The Morgan fingerprint density at radius 2 is 2.04 bits per heavy atom. The molecule has 1 heterocycles. The molecule has 126 valence electrons. The minimum atomic E-state index is -4.95. The molecule has 1 N–H and O–H groups in total. The number of hydrogen-bond acceptors (Lipinski definition) is 3. The van der Waals surface area contributed by atoms with Crippen molar-refractivity contribution in [2.75, 3.05) is 20.2 Å². The second kappa shape index (κ2) is 5.92. The third-order valence-corrected chi connectivity index (χ3v) is 4.14. The number of carbonyl (C=O) groups excluding carboxylic acids is 1. The third-order valence-electron chi connectivity index (χ3n) is 3.90. The standard InChI is InChI=1S/C14H13ClF3NO4/c1-23-10-3-2-8(15)6-9(10)11(20)19-5-4-13(7-19,12(21)22)14(16,17)18/h2-3,6H,4-5,7H2,1H3,(H,21,22). The fourth-order valence-corrected chi connectivity index (χ4v) is 2.70. The Morgan fingerprint density at radius 1 is 1.39 bits per heavy atom. The highest BCUT2D eigenvalue weighted by Crippen LogP contribution is 2.46. The van der Waals surface area contributed by atoms with Crippen LogP contribution in [-0.4, -0.2) is 48.3 Å². The van der Waals surface area contributed by atoms with Gasteiger partial charge in [-0.05, 0) is 24.6 Å². The fourth-order valence-electron chi connectivity index (χ4n) is 2.53. The van der Waals surface area contributed by atoms with E-state index < -0.39 is 36.4 Å². The van der Waals surface area contributed by atoms with Gasteiger partial charge < -0.3 is 14.7 Å². The molecule has 1 aliphatic rings. The molecule has 1 aromatic carbocycles. The Kier molecular flexibility index (Phi) is 4.48. The average molecular weight is 352 g/mol. The van der Waals surface area contributed by atoms with Crippen molar-refractivity contribution in [3.8, 4) is 5.75 Å². The number of benzene rings is 1. The van der Waals surface area contributed by atoms with Crippen LogP contribution < -0.4 is 4.74 Å². The number of carboxylic acid groups (broad SMARTS) is 1. The number of carbonyl (C=O) groups is 2. The van der Waals surface area contributed by atoms with E-state index in [1.807, 2.05) is 0 Å². The van der Waals surface area contributed by atoms with E-state index in [0.29, 0.717) is 0 Å².